The summed E-state index contributed by atoms with van der Waals surface area (Å²) in [4.78, 5) is 12.3. The van der Waals surface area contributed by atoms with Crippen LogP contribution in [0.15, 0.2) is 89.9 Å². The molecule has 0 aromatic heterocycles. The van der Waals surface area contributed by atoms with Gasteiger partial charge in [-0.2, -0.15) is 26.3 Å². The normalized spacial score (nSPS) is 19.6. The molecule has 0 saturated carbocycles. The zero-order valence-electron chi connectivity index (χ0n) is 25.7. The molecule has 1 saturated heterocycles. The van der Waals surface area contributed by atoms with Gasteiger partial charge >= 0.3 is 12.4 Å². The van der Waals surface area contributed by atoms with E-state index in [0.29, 0.717) is 33.5 Å². The van der Waals surface area contributed by atoms with Crippen LogP contribution in [-0.4, -0.2) is 39.6 Å². The number of nitrogens with one attached hydrogen (secondary N) is 1. The first-order valence-electron chi connectivity index (χ1n) is 15.0. The average Bonchev–Trinajstić information content (AvgIpc) is 3.00. The lowest BCUT2D eigenvalue weighted by Crippen LogP contribution is -2.55. The van der Waals surface area contributed by atoms with Gasteiger partial charge in [0.1, 0.15) is 0 Å². The van der Waals surface area contributed by atoms with Crippen LogP contribution in [0.5, 0.6) is 0 Å². The van der Waals surface area contributed by atoms with Crippen LogP contribution in [0.25, 0.3) is 28.1 Å². The van der Waals surface area contributed by atoms with Gasteiger partial charge in [0, 0.05) is 23.5 Å². The number of hydrogen-bond acceptors (Lipinski definition) is 4. The number of para-hydroxylation sites is 2. The second kappa shape index (κ2) is 11.5. The van der Waals surface area contributed by atoms with Crippen molar-refractivity contribution >= 4 is 22.4 Å². The molecule has 5 nitrogen and oxygen atoms in total. The van der Waals surface area contributed by atoms with Crippen LogP contribution in [-0.2, 0) is 12.4 Å². The Morgan fingerprint density at radius 3 is 2.24 bits per heavy atom. The van der Waals surface area contributed by atoms with Crippen LogP contribution in [0.3, 0.4) is 0 Å². The summed E-state index contributed by atoms with van der Waals surface area (Å²) in [6, 6.07) is 20.5. The lowest BCUT2D eigenvalue weighted by Gasteiger charge is -2.47. The van der Waals surface area contributed by atoms with E-state index in [4.69, 9.17) is 9.98 Å². The summed E-state index contributed by atoms with van der Waals surface area (Å²) in [5.41, 5.74) is 1.25. The highest BCUT2D eigenvalue weighted by Gasteiger charge is 2.39. The summed E-state index contributed by atoms with van der Waals surface area (Å²) < 4.78 is 83.9. The van der Waals surface area contributed by atoms with Gasteiger partial charge in [-0.15, -0.1) is 0 Å². The van der Waals surface area contributed by atoms with Crippen molar-refractivity contribution in [1.29, 1.82) is 0 Å². The molecule has 0 spiro atoms. The molecule has 0 amide bonds. The van der Waals surface area contributed by atoms with E-state index in [0.717, 1.165) is 37.2 Å². The fraction of sp³-hybridized carbons (Fsp3) is 0.314. The molecule has 2 aliphatic heterocycles. The topological polar surface area (TPSA) is 45.5 Å². The number of halogens is 6. The first-order valence-corrected chi connectivity index (χ1v) is 15.0. The second-order valence-electron chi connectivity index (χ2n) is 12.4. The Kier molecular flexibility index (Phi) is 7.87. The molecule has 3 aromatic rings. The maximum absolute atomic E-state index is 13.8. The minimum Gasteiger partial charge on any atom is -0.354 e. The standard InChI is InChI=1S/C35H33F6N5/c1-21-26(15-16-45(4)33(21,2)3)43-29-20-32-30(19-28(29)42-24-11-7-9-22(17-24)34(36,37)38)44-27-13-5-6-14-31(27)46(32)25-12-8-10-23(18-25)35(39,40)41/h5-14,17-21,26,42H,15-16H2,1-4H3. The van der Waals surface area contributed by atoms with Gasteiger partial charge in [-0.05, 0) is 93.9 Å². The predicted molar refractivity (Wildman–Crippen MR) is 167 cm³/mol. The van der Waals surface area contributed by atoms with Crippen molar-refractivity contribution in [2.45, 2.75) is 51.1 Å². The fourth-order valence-electron chi connectivity index (χ4n) is 6.11. The van der Waals surface area contributed by atoms with Crippen molar-refractivity contribution < 1.29 is 26.3 Å². The van der Waals surface area contributed by atoms with E-state index in [2.05, 4.69) is 38.0 Å². The molecule has 1 fully saturated rings. The minimum absolute atomic E-state index is 0.119. The van der Waals surface area contributed by atoms with Gasteiger partial charge in [0.05, 0.1) is 50.6 Å². The maximum Gasteiger partial charge on any atom is 0.416 e. The summed E-state index contributed by atoms with van der Waals surface area (Å²) >= 11 is 0. The van der Waals surface area contributed by atoms with E-state index in [9.17, 15) is 26.3 Å². The van der Waals surface area contributed by atoms with E-state index >= 15 is 0 Å². The zero-order valence-corrected chi connectivity index (χ0v) is 25.7. The number of benzene rings is 4. The maximum atomic E-state index is 13.8. The SMILES string of the molecule is CC1C(N=c2cc3n(-c4cccc(C(F)(F)F)c4)c4ccccc4nc-3cc2Nc2cccc(C(F)(F)F)c2)CCN(C)C1(C)C. The Balaban J connectivity index is 1.62. The Morgan fingerprint density at radius 2 is 1.52 bits per heavy atom. The molecular formula is C35H33F6N5. The zero-order chi connectivity index (χ0) is 33.0. The average molecular weight is 638 g/mol. The molecule has 2 heterocycles. The van der Waals surface area contributed by atoms with E-state index in [1.54, 1.807) is 53.1 Å². The van der Waals surface area contributed by atoms with Crippen LogP contribution in [0.2, 0.25) is 0 Å². The Hall–Kier alpha value is -4.38. The van der Waals surface area contributed by atoms with E-state index in [1.807, 2.05) is 0 Å². The third-order valence-electron chi connectivity index (χ3n) is 9.34. The van der Waals surface area contributed by atoms with Gasteiger partial charge in [0.15, 0.2) is 0 Å². The van der Waals surface area contributed by atoms with Gasteiger partial charge in [0.25, 0.3) is 0 Å². The molecule has 240 valence electrons. The summed E-state index contributed by atoms with van der Waals surface area (Å²) in [6.07, 6.45) is -8.32. The van der Waals surface area contributed by atoms with E-state index in [1.165, 1.54) is 12.1 Å². The molecule has 3 aliphatic rings. The number of rotatable bonds is 4. The summed E-state index contributed by atoms with van der Waals surface area (Å²) in [5, 5.41) is 3.62. The monoisotopic (exact) mass is 637 g/mol. The van der Waals surface area contributed by atoms with Crippen LogP contribution in [0, 0.1) is 5.92 Å². The highest BCUT2D eigenvalue weighted by Crippen LogP contribution is 2.37. The van der Waals surface area contributed by atoms with Gasteiger partial charge in [-0.1, -0.05) is 31.2 Å². The van der Waals surface area contributed by atoms with Gasteiger partial charge in [-0.25, -0.2) is 4.98 Å². The summed E-state index contributed by atoms with van der Waals surface area (Å²) in [6.45, 7) is 7.23. The van der Waals surface area contributed by atoms with Crippen molar-refractivity contribution in [2.24, 2.45) is 10.9 Å². The molecule has 46 heavy (non-hydrogen) atoms. The van der Waals surface area contributed by atoms with Gasteiger partial charge < -0.3 is 14.8 Å². The Bertz CT molecular complexity index is 1940. The number of aromatic nitrogens is 2. The highest BCUT2D eigenvalue weighted by molar-refractivity contribution is 5.84. The van der Waals surface area contributed by atoms with Crippen molar-refractivity contribution in [1.82, 2.24) is 14.5 Å². The molecule has 0 bridgehead atoms. The lowest BCUT2D eigenvalue weighted by molar-refractivity contribution is -0.138. The highest BCUT2D eigenvalue weighted by atomic mass is 19.4. The molecule has 0 radical (unpaired) electrons. The fourth-order valence-corrected chi connectivity index (χ4v) is 6.11. The Morgan fingerprint density at radius 1 is 0.848 bits per heavy atom. The van der Waals surface area contributed by atoms with E-state index in [-0.39, 0.29) is 28.9 Å². The number of fused-ring (bicyclic) bond motifs is 2. The number of hydrogen-bond donors (Lipinski definition) is 1. The van der Waals surface area contributed by atoms with Crippen LogP contribution >= 0.6 is 0 Å². The smallest absolute Gasteiger partial charge is 0.354 e. The summed E-state index contributed by atoms with van der Waals surface area (Å²) in [7, 11) is 2.07. The van der Waals surface area contributed by atoms with Gasteiger partial charge in [0.2, 0.25) is 0 Å². The molecule has 3 aromatic carbocycles. The molecule has 6 rings (SSSR count). The van der Waals surface area contributed by atoms with Crippen LogP contribution in [0.1, 0.15) is 38.3 Å². The predicted octanol–water partition coefficient (Wildman–Crippen LogP) is 8.93. The molecule has 2 atom stereocenters. The molecule has 1 N–H and O–H groups in total. The number of nitrogens with zero attached hydrogens (tertiary/aromatic N) is 4. The third kappa shape index (κ3) is 5.95. The Labute approximate surface area is 262 Å². The van der Waals surface area contributed by atoms with Crippen LogP contribution < -0.4 is 10.7 Å². The number of alkyl halides is 6. The van der Waals surface area contributed by atoms with E-state index < -0.39 is 23.5 Å². The second-order valence-corrected chi connectivity index (χ2v) is 12.4. The van der Waals surface area contributed by atoms with Gasteiger partial charge in [-0.3, -0.25) is 4.99 Å². The molecule has 11 heteroatoms. The molecule has 1 aliphatic carbocycles. The van der Waals surface area contributed by atoms with Crippen molar-refractivity contribution in [3.63, 3.8) is 0 Å². The van der Waals surface area contributed by atoms with Crippen molar-refractivity contribution in [2.75, 3.05) is 18.9 Å². The largest absolute Gasteiger partial charge is 0.416 e. The van der Waals surface area contributed by atoms with Crippen molar-refractivity contribution in [3.8, 4) is 17.1 Å². The number of likely N-dealkylation sites (tertiary alicyclic amines) is 1. The van der Waals surface area contributed by atoms with Crippen LogP contribution in [0.4, 0.5) is 37.7 Å². The van der Waals surface area contributed by atoms with Crippen molar-refractivity contribution in [3.05, 3.63) is 101 Å². The number of piperidine rings is 1. The first-order chi connectivity index (χ1) is 21.6. The minimum atomic E-state index is -4.55. The first kappa shape index (κ1) is 31.6. The lowest BCUT2D eigenvalue weighted by atomic mass is 9.77. The molecular weight excluding hydrogens is 604 g/mol. The quantitative estimate of drug-likeness (QED) is 0.158. The third-order valence-corrected chi connectivity index (χ3v) is 9.34. The number of anilines is 2. The summed E-state index contributed by atoms with van der Waals surface area (Å²) in [5.74, 6) is 0.119. The molecule has 2 unspecified atom stereocenters.